The van der Waals surface area contributed by atoms with Crippen LogP contribution >= 0.6 is 0 Å². The Morgan fingerprint density at radius 1 is 1.09 bits per heavy atom. The van der Waals surface area contributed by atoms with Crippen LogP contribution in [0.1, 0.15) is 20.8 Å². The molecule has 4 nitrogen and oxygen atoms in total. The summed E-state index contributed by atoms with van der Waals surface area (Å²) in [6.07, 6.45) is -0.0375. The number of hydrogen-bond acceptors (Lipinski definition) is 4. The van der Waals surface area contributed by atoms with Crippen LogP contribution in [0, 0.1) is 17.8 Å². The molecule has 0 bridgehead atoms. The maximum Gasteiger partial charge on any atom is 0.178 e. The van der Waals surface area contributed by atoms with Gasteiger partial charge in [0.15, 0.2) is 9.84 Å². The molecule has 5 heteroatoms. The average Bonchev–Trinajstić information content (AvgIpc) is 2.52. The van der Waals surface area contributed by atoms with Crippen molar-refractivity contribution in [1.82, 2.24) is 0 Å². The summed E-state index contributed by atoms with van der Waals surface area (Å²) >= 11 is 0. The van der Waals surface area contributed by atoms with E-state index in [-0.39, 0.29) is 16.6 Å². The first kappa shape index (κ1) is 18.9. The van der Waals surface area contributed by atoms with Gasteiger partial charge < -0.3 is 10.2 Å². The van der Waals surface area contributed by atoms with Crippen LogP contribution in [-0.4, -0.2) is 36.6 Å². The second-order valence-electron chi connectivity index (χ2n) is 6.01. The van der Waals surface area contributed by atoms with Crippen molar-refractivity contribution < 1.29 is 18.6 Å². The average molecular weight is 326 g/mol. The van der Waals surface area contributed by atoms with Crippen molar-refractivity contribution in [2.45, 2.75) is 37.9 Å². The third kappa shape index (κ3) is 4.66. The Morgan fingerprint density at radius 3 is 2.14 bits per heavy atom. The van der Waals surface area contributed by atoms with E-state index in [1.165, 1.54) is 0 Å². The minimum atomic E-state index is -3.45. The van der Waals surface area contributed by atoms with Crippen LogP contribution in [0.2, 0.25) is 0 Å². The lowest BCUT2D eigenvalue weighted by molar-refractivity contribution is -0.0159. The van der Waals surface area contributed by atoms with Gasteiger partial charge in [0, 0.05) is 11.8 Å². The fourth-order valence-corrected chi connectivity index (χ4v) is 4.16. The largest absolute Gasteiger partial charge is 0.392 e. The summed E-state index contributed by atoms with van der Waals surface area (Å²) < 4.78 is 24.7. The second kappa shape index (κ2) is 7.90. The molecule has 0 aliphatic rings. The lowest BCUT2D eigenvalue weighted by atomic mass is 9.85. The molecule has 1 aromatic carbocycles. The van der Waals surface area contributed by atoms with Gasteiger partial charge in [-0.1, -0.05) is 45.0 Å². The summed E-state index contributed by atoms with van der Waals surface area (Å²) in [5, 5.41) is 20.5. The Morgan fingerprint density at radius 2 is 1.64 bits per heavy atom. The molecule has 0 fully saturated rings. The highest BCUT2D eigenvalue weighted by atomic mass is 32.2. The van der Waals surface area contributed by atoms with Crippen molar-refractivity contribution in [3.63, 3.8) is 0 Å². The topological polar surface area (TPSA) is 74.6 Å². The van der Waals surface area contributed by atoms with Crippen molar-refractivity contribution in [2.24, 2.45) is 17.8 Å². The van der Waals surface area contributed by atoms with Gasteiger partial charge in [-0.3, -0.25) is 0 Å². The zero-order valence-corrected chi connectivity index (χ0v) is 14.2. The third-order valence-corrected chi connectivity index (χ3v) is 6.11. The van der Waals surface area contributed by atoms with Crippen molar-refractivity contribution in [2.75, 3.05) is 5.75 Å². The molecule has 1 rings (SSSR count). The lowest BCUT2D eigenvalue weighted by Crippen LogP contribution is -2.39. The van der Waals surface area contributed by atoms with E-state index in [1.807, 2.05) is 6.92 Å². The Balaban J connectivity index is 2.79. The third-order valence-electron chi connectivity index (χ3n) is 4.16. The Hall–Kier alpha value is -1.17. The molecule has 5 atom stereocenters. The van der Waals surface area contributed by atoms with Gasteiger partial charge in [-0.2, -0.15) is 0 Å². The summed E-state index contributed by atoms with van der Waals surface area (Å²) in [6, 6.07) is 8.20. The molecule has 0 heterocycles. The summed E-state index contributed by atoms with van der Waals surface area (Å²) in [6.45, 7) is 8.85. The van der Waals surface area contributed by atoms with Crippen LogP contribution in [0.4, 0.5) is 0 Å². The molecule has 0 aliphatic carbocycles. The molecule has 4 unspecified atom stereocenters. The minimum Gasteiger partial charge on any atom is -0.392 e. The maximum absolute atomic E-state index is 12.3. The number of hydrogen-bond donors (Lipinski definition) is 2. The van der Waals surface area contributed by atoms with Crippen LogP contribution in [0.25, 0.3) is 0 Å². The highest BCUT2D eigenvalue weighted by Gasteiger charge is 2.32. The second-order valence-corrected chi connectivity index (χ2v) is 8.04. The maximum atomic E-state index is 12.3. The predicted octanol–water partition coefficient (Wildman–Crippen LogP) is 2.28. The highest BCUT2D eigenvalue weighted by Crippen LogP contribution is 2.24. The Bertz CT molecular complexity index is 568. The van der Waals surface area contributed by atoms with E-state index in [4.69, 9.17) is 0 Å². The Labute approximate surface area is 133 Å². The minimum absolute atomic E-state index is 0.155. The van der Waals surface area contributed by atoms with Crippen molar-refractivity contribution in [1.29, 1.82) is 0 Å². The molecule has 0 saturated carbocycles. The molecule has 0 saturated heterocycles. The lowest BCUT2D eigenvalue weighted by Gasteiger charge is -2.30. The van der Waals surface area contributed by atoms with Gasteiger partial charge >= 0.3 is 0 Å². The molecule has 124 valence electrons. The van der Waals surface area contributed by atoms with Crippen LogP contribution in [-0.2, 0) is 9.84 Å². The van der Waals surface area contributed by atoms with Crippen molar-refractivity contribution in [3.05, 3.63) is 43.0 Å². The van der Waals surface area contributed by atoms with Crippen LogP contribution in [0.5, 0.6) is 0 Å². The molecular weight excluding hydrogens is 300 g/mol. The summed E-state index contributed by atoms with van der Waals surface area (Å²) in [7, 11) is -3.45. The van der Waals surface area contributed by atoms with E-state index < -0.39 is 33.9 Å². The summed E-state index contributed by atoms with van der Waals surface area (Å²) in [5.41, 5.74) is 0. The SMILES string of the molecule is C=CC(C)[C@H](O)C(C)C(O)C(C)CS(=O)(=O)c1ccccc1. The normalized spacial score (nSPS) is 19.0. The van der Waals surface area contributed by atoms with Crippen LogP contribution in [0.15, 0.2) is 47.9 Å². The van der Waals surface area contributed by atoms with Gasteiger partial charge in [0.2, 0.25) is 0 Å². The first-order chi connectivity index (χ1) is 10.2. The summed E-state index contributed by atoms with van der Waals surface area (Å²) in [4.78, 5) is 0.252. The fourth-order valence-electron chi connectivity index (χ4n) is 2.51. The summed E-state index contributed by atoms with van der Waals surface area (Å²) in [5.74, 6) is -1.24. The fraction of sp³-hybridized carbons (Fsp3) is 0.529. The molecule has 0 radical (unpaired) electrons. The quantitative estimate of drug-likeness (QED) is 0.719. The van der Waals surface area contributed by atoms with E-state index in [2.05, 4.69) is 6.58 Å². The van der Waals surface area contributed by atoms with E-state index in [1.54, 1.807) is 50.3 Å². The standard InChI is InChI=1S/C17H26O4S/c1-5-12(2)16(18)14(4)17(19)13(3)11-22(20,21)15-9-7-6-8-10-15/h5-10,12-14,16-19H,1,11H2,2-4H3/t12?,13?,14?,16-,17?/m0/s1. The monoisotopic (exact) mass is 326 g/mol. The molecule has 22 heavy (non-hydrogen) atoms. The molecule has 0 aliphatic heterocycles. The van der Waals surface area contributed by atoms with E-state index in [9.17, 15) is 18.6 Å². The molecular formula is C17H26O4S. The van der Waals surface area contributed by atoms with Crippen molar-refractivity contribution >= 4 is 9.84 Å². The van der Waals surface area contributed by atoms with E-state index in [0.717, 1.165) is 0 Å². The number of benzene rings is 1. The molecule has 1 aromatic rings. The number of rotatable bonds is 8. The molecule has 0 spiro atoms. The van der Waals surface area contributed by atoms with Gasteiger partial charge in [0.25, 0.3) is 0 Å². The first-order valence-electron chi connectivity index (χ1n) is 7.47. The van der Waals surface area contributed by atoms with Gasteiger partial charge in [-0.05, 0) is 18.1 Å². The highest BCUT2D eigenvalue weighted by molar-refractivity contribution is 7.91. The Kier molecular flexibility index (Phi) is 6.78. The van der Waals surface area contributed by atoms with Crippen LogP contribution in [0.3, 0.4) is 0 Å². The van der Waals surface area contributed by atoms with Crippen LogP contribution < -0.4 is 0 Å². The zero-order valence-electron chi connectivity index (χ0n) is 13.4. The zero-order chi connectivity index (χ0) is 16.9. The smallest absolute Gasteiger partial charge is 0.178 e. The van der Waals surface area contributed by atoms with E-state index in [0.29, 0.717) is 0 Å². The molecule has 0 aromatic heterocycles. The van der Waals surface area contributed by atoms with Gasteiger partial charge in [-0.25, -0.2) is 8.42 Å². The predicted molar refractivity (Wildman–Crippen MR) is 88.2 cm³/mol. The van der Waals surface area contributed by atoms with Gasteiger partial charge in [0.05, 0.1) is 22.9 Å². The number of sulfone groups is 1. The number of aliphatic hydroxyl groups excluding tert-OH is 2. The molecule has 0 amide bonds. The number of aliphatic hydroxyl groups is 2. The van der Waals surface area contributed by atoms with Gasteiger partial charge in [0.1, 0.15) is 0 Å². The van der Waals surface area contributed by atoms with Gasteiger partial charge in [-0.15, -0.1) is 6.58 Å². The first-order valence-corrected chi connectivity index (χ1v) is 9.12. The van der Waals surface area contributed by atoms with E-state index >= 15 is 0 Å². The van der Waals surface area contributed by atoms with Crippen molar-refractivity contribution in [3.8, 4) is 0 Å². The molecule has 2 N–H and O–H groups in total.